The lowest BCUT2D eigenvalue weighted by atomic mass is 10.1. The number of nitrogens with one attached hydrogen (secondary N) is 2. The van der Waals surface area contributed by atoms with Gasteiger partial charge in [0.1, 0.15) is 0 Å². The number of hydrogen-bond acceptors (Lipinski definition) is 4. The van der Waals surface area contributed by atoms with Crippen molar-refractivity contribution in [1.82, 2.24) is 5.32 Å². The highest BCUT2D eigenvalue weighted by Crippen LogP contribution is 2.12. The van der Waals surface area contributed by atoms with Crippen LogP contribution >= 0.6 is 0 Å². The normalized spacial score (nSPS) is 13.5. The van der Waals surface area contributed by atoms with E-state index in [-0.39, 0.29) is 12.3 Å². The minimum Gasteiger partial charge on any atom is -0.389 e. The van der Waals surface area contributed by atoms with Gasteiger partial charge in [0.2, 0.25) is 15.9 Å². The van der Waals surface area contributed by atoms with Crippen molar-refractivity contribution in [2.24, 2.45) is 5.92 Å². The van der Waals surface area contributed by atoms with Crippen LogP contribution in [0.2, 0.25) is 0 Å². The maximum atomic E-state index is 12.1. The number of carbonyl (C=O) groups is 1. The summed E-state index contributed by atoms with van der Waals surface area (Å²) >= 11 is 0. The van der Waals surface area contributed by atoms with E-state index in [2.05, 4.69) is 10.0 Å². The predicted octanol–water partition coefficient (Wildman–Crippen LogP) is 1.26. The van der Waals surface area contributed by atoms with Gasteiger partial charge < -0.3 is 10.4 Å². The zero-order valence-electron chi connectivity index (χ0n) is 13.4. The van der Waals surface area contributed by atoms with Crippen LogP contribution in [-0.2, 0) is 14.8 Å². The lowest BCUT2D eigenvalue weighted by Crippen LogP contribution is -2.42. The second kappa shape index (κ2) is 7.11. The number of amides is 1. The molecule has 6 nitrogen and oxygen atoms in total. The van der Waals surface area contributed by atoms with Gasteiger partial charge >= 0.3 is 0 Å². The van der Waals surface area contributed by atoms with E-state index in [0.717, 1.165) is 5.56 Å². The first-order valence-electron chi connectivity index (χ1n) is 7.06. The van der Waals surface area contributed by atoms with Crippen LogP contribution in [0.15, 0.2) is 24.3 Å². The summed E-state index contributed by atoms with van der Waals surface area (Å²) in [7, 11) is -3.62. The summed E-state index contributed by atoms with van der Waals surface area (Å²) in [5, 5.41) is 12.1. The van der Waals surface area contributed by atoms with Crippen molar-refractivity contribution in [2.75, 3.05) is 17.0 Å². The van der Waals surface area contributed by atoms with Gasteiger partial charge in [0.25, 0.3) is 0 Å². The highest BCUT2D eigenvalue weighted by atomic mass is 32.2. The van der Waals surface area contributed by atoms with Gasteiger partial charge in [-0.2, -0.15) is 0 Å². The summed E-state index contributed by atoms with van der Waals surface area (Å²) < 4.78 is 26.6. The van der Waals surface area contributed by atoms with Crippen LogP contribution in [0.4, 0.5) is 5.69 Å². The van der Waals surface area contributed by atoms with Gasteiger partial charge in [-0.25, -0.2) is 8.42 Å². The molecule has 1 amide bonds. The number of sulfonamides is 1. The van der Waals surface area contributed by atoms with E-state index in [4.69, 9.17) is 0 Å². The molecule has 1 unspecified atom stereocenters. The molecule has 1 rings (SSSR count). The van der Waals surface area contributed by atoms with Crippen molar-refractivity contribution < 1.29 is 18.3 Å². The molecule has 7 heteroatoms. The third-order valence-corrected chi connectivity index (χ3v) is 4.42. The zero-order valence-corrected chi connectivity index (χ0v) is 14.2. The van der Waals surface area contributed by atoms with E-state index < -0.39 is 27.4 Å². The van der Waals surface area contributed by atoms with Gasteiger partial charge in [0.15, 0.2) is 0 Å². The molecule has 0 radical (unpaired) electrons. The maximum Gasteiger partial charge on any atom is 0.233 e. The van der Waals surface area contributed by atoms with Crippen LogP contribution < -0.4 is 10.0 Å². The van der Waals surface area contributed by atoms with Crippen LogP contribution in [0.1, 0.15) is 26.3 Å². The maximum absolute atomic E-state index is 12.1. The van der Waals surface area contributed by atoms with Gasteiger partial charge in [-0.05, 0) is 32.9 Å². The van der Waals surface area contributed by atoms with Gasteiger partial charge in [-0.3, -0.25) is 9.52 Å². The monoisotopic (exact) mass is 328 g/mol. The average molecular weight is 328 g/mol. The van der Waals surface area contributed by atoms with Crippen molar-refractivity contribution in [3.05, 3.63) is 29.8 Å². The van der Waals surface area contributed by atoms with E-state index >= 15 is 0 Å². The Kier molecular flexibility index (Phi) is 5.96. The highest BCUT2D eigenvalue weighted by Gasteiger charge is 2.23. The predicted molar refractivity (Wildman–Crippen MR) is 87.1 cm³/mol. The Bertz CT molecular complexity index is 603. The molecule has 0 bridgehead atoms. The smallest absolute Gasteiger partial charge is 0.233 e. The number of hydrogen-bond donors (Lipinski definition) is 3. The summed E-state index contributed by atoms with van der Waals surface area (Å²) in [4.78, 5) is 11.9. The Morgan fingerprint density at radius 1 is 1.27 bits per heavy atom. The van der Waals surface area contributed by atoms with E-state index in [0.29, 0.717) is 5.69 Å². The number of anilines is 1. The van der Waals surface area contributed by atoms with Gasteiger partial charge in [0, 0.05) is 12.2 Å². The van der Waals surface area contributed by atoms with Crippen molar-refractivity contribution in [3.8, 4) is 0 Å². The Labute approximate surface area is 132 Å². The molecule has 0 aromatic heterocycles. The molecule has 0 spiro atoms. The summed E-state index contributed by atoms with van der Waals surface area (Å²) in [6.07, 6.45) is 0. The molecule has 0 saturated heterocycles. The zero-order chi connectivity index (χ0) is 17.0. The third-order valence-electron chi connectivity index (χ3n) is 2.94. The first kappa shape index (κ1) is 18.4. The first-order chi connectivity index (χ1) is 9.98. The molecule has 0 saturated carbocycles. The molecule has 3 N–H and O–H groups in total. The minimum atomic E-state index is -3.62. The van der Waals surface area contributed by atoms with Crippen LogP contribution in [0, 0.1) is 12.8 Å². The fourth-order valence-corrected chi connectivity index (χ4v) is 3.11. The van der Waals surface area contributed by atoms with Crippen molar-refractivity contribution in [1.29, 1.82) is 0 Å². The Morgan fingerprint density at radius 3 is 2.32 bits per heavy atom. The number of carbonyl (C=O) groups excluding carboxylic acids is 1. The fourth-order valence-electron chi connectivity index (χ4n) is 1.73. The van der Waals surface area contributed by atoms with Gasteiger partial charge in [-0.1, -0.05) is 24.6 Å². The van der Waals surface area contributed by atoms with Crippen molar-refractivity contribution >= 4 is 21.6 Å². The molecular formula is C15H24N2O4S. The van der Waals surface area contributed by atoms with Crippen LogP contribution in [0.5, 0.6) is 0 Å². The van der Waals surface area contributed by atoms with Crippen LogP contribution in [-0.4, -0.2) is 37.3 Å². The minimum absolute atomic E-state index is 0.0710. The number of aliphatic hydroxyl groups is 1. The fraction of sp³-hybridized carbons (Fsp3) is 0.533. The molecule has 0 aliphatic carbocycles. The van der Waals surface area contributed by atoms with Gasteiger partial charge in [0.05, 0.1) is 17.3 Å². The second-order valence-electron chi connectivity index (χ2n) is 6.18. The van der Waals surface area contributed by atoms with Gasteiger partial charge in [-0.15, -0.1) is 0 Å². The molecular weight excluding hydrogens is 304 g/mol. The summed E-state index contributed by atoms with van der Waals surface area (Å²) in [5.74, 6) is -1.44. The molecule has 0 aliphatic heterocycles. The molecule has 1 aromatic carbocycles. The Morgan fingerprint density at radius 2 is 1.82 bits per heavy atom. The lowest BCUT2D eigenvalue weighted by Gasteiger charge is -2.19. The SMILES string of the molecule is Cc1ccc(NS(=O)(=O)CC(C)C(=O)NCC(C)(C)O)cc1. The number of rotatable bonds is 7. The molecule has 1 aromatic rings. The topological polar surface area (TPSA) is 95.5 Å². The second-order valence-corrected chi connectivity index (χ2v) is 7.95. The quantitative estimate of drug-likeness (QED) is 0.702. The Hall–Kier alpha value is -1.60. The van der Waals surface area contributed by atoms with E-state index in [1.54, 1.807) is 38.1 Å². The Balaban J connectivity index is 2.59. The largest absolute Gasteiger partial charge is 0.389 e. The van der Waals surface area contributed by atoms with E-state index in [1.165, 1.54) is 6.92 Å². The third kappa shape index (κ3) is 6.91. The number of aryl methyl sites for hydroxylation is 1. The summed E-state index contributed by atoms with van der Waals surface area (Å²) in [6, 6.07) is 6.95. The molecule has 0 aliphatic rings. The standard InChI is InChI=1S/C15H24N2O4S/c1-11-5-7-13(8-6-11)17-22(20,21)9-12(2)14(18)16-10-15(3,4)19/h5-8,12,17,19H,9-10H2,1-4H3,(H,16,18). The lowest BCUT2D eigenvalue weighted by molar-refractivity contribution is -0.124. The highest BCUT2D eigenvalue weighted by molar-refractivity contribution is 7.92. The van der Waals surface area contributed by atoms with Crippen molar-refractivity contribution in [3.63, 3.8) is 0 Å². The molecule has 22 heavy (non-hydrogen) atoms. The van der Waals surface area contributed by atoms with Crippen LogP contribution in [0.25, 0.3) is 0 Å². The van der Waals surface area contributed by atoms with Crippen LogP contribution in [0.3, 0.4) is 0 Å². The summed E-state index contributed by atoms with van der Waals surface area (Å²) in [5.41, 5.74) is 0.464. The first-order valence-corrected chi connectivity index (χ1v) is 8.71. The molecule has 124 valence electrons. The average Bonchev–Trinajstić information content (AvgIpc) is 2.37. The van der Waals surface area contributed by atoms with Crippen molar-refractivity contribution in [2.45, 2.75) is 33.3 Å². The van der Waals surface area contributed by atoms with E-state index in [1.807, 2.05) is 6.92 Å². The molecule has 0 heterocycles. The van der Waals surface area contributed by atoms with E-state index in [9.17, 15) is 18.3 Å². The molecule has 1 atom stereocenters. The molecule has 0 fully saturated rings. The summed E-state index contributed by atoms with van der Waals surface area (Å²) in [6.45, 7) is 6.64. The number of benzene rings is 1.